The highest BCUT2D eigenvalue weighted by atomic mass is 16.7. The minimum absolute atomic E-state index is 0.0370. The number of nitrogens with zero attached hydrogens (tertiary/aromatic N) is 1. The predicted octanol–water partition coefficient (Wildman–Crippen LogP) is 7.24. The van der Waals surface area contributed by atoms with Crippen molar-refractivity contribution in [3.8, 4) is 0 Å². The first-order valence-corrected chi connectivity index (χ1v) is 14.3. The summed E-state index contributed by atoms with van der Waals surface area (Å²) in [6, 6.07) is 30.9. The Bertz CT molecular complexity index is 950. The van der Waals surface area contributed by atoms with Gasteiger partial charge in [0, 0.05) is 38.8 Å². The van der Waals surface area contributed by atoms with Gasteiger partial charge in [-0.3, -0.25) is 4.90 Å². The van der Waals surface area contributed by atoms with E-state index < -0.39 is 6.10 Å². The van der Waals surface area contributed by atoms with Crippen LogP contribution in [0.25, 0.3) is 0 Å². The van der Waals surface area contributed by atoms with Crippen molar-refractivity contribution in [3.63, 3.8) is 0 Å². The van der Waals surface area contributed by atoms with Gasteiger partial charge in [0.05, 0.1) is 6.10 Å². The Morgan fingerprint density at radius 1 is 0.800 bits per heavy atom. The van der Waals surface area contributed by atoms with E-state index in [0.717, 1.165) is 39.0 Å². The average Bonchev–Trinajstić information content (AvgIpc) is 2.97. The molecule has 40 heavy (non-hydrogen) atoms. The highest BCUT2D eigenvalue weighted by molar-refractivity contribution is 5.49. The normalized spacial score (nSPS) is 12.0. The van der Waals surface area contributed by atoms with E-state index >= 15 is 0 Å². The van der Waals surface area contributed by atoms with Crippen molar-refractivity contribution in [2.45, 2.75) is 78.5 Å². The highest BCUT2D eigenvalue weighted by Gasteiger charge is 2.26. The number of hydrogen-bond donors (Lipinski definition) is 1. The lowest BCUT2D eigenvalue weighted by atomic mass is 9.95. The second-order valence-electron chi connectivity index (χ2n) is 9.33. The number of allylic oxidation sites excluding steroid dienone is 1. The Hall–Kier alpha value is -3.09. The van der Waals surface area contributed by atoms with Gasteiger partial charge in [-0.15, -0.1) is 6.58 Å². The molecule has 0 aliphatic rings. The summed E-state index contributed by atoms with van der Waals surface area (Å²) in [4.78, 5) is 13.3. The molecule has 0 unspecified atom stereocenters. The van der Waals surface area contributed by atoms with Gasteiger partial charge in [0.15, 0.2) is 6.29 Å². The second kappa shape index (κ2) is 22.7. The summed E-state index contributed by atoms with van der Waals surface area (Å²) < 4.78 is 10.1. The van der Waals surface area contributed by atoms with Crippen molar-refractivity contribution in [2.24, 2.45) is 0 Å². The van der Waals surface area contributed by atoms with Gasteiger partial charge in [0.2, 0.25) is 0 Å². The van der Waals surface area contributed by atoms with E-state index in [1.165, 1.54) is 16.7 Å². The zero-order valence-corrected chi connectivity index (χ0v) is 24.8. The number of benzene rings is 3. The topological polar surface area (TPSA) is 59.0 Å². The van der Waals surface area contributed by atoms with Crippen LogP contribution in [0.2, 0.25) is 0 Å². The molecule has 0 spiro atoms. The SMILES string of the molecule is C=CC.CCOC(C)OCC.O=CCC[C@H](O)[C@H](Cc1ccccc1)N(Cc1ccccc1)Cc1ccccc1. The first-order valence-electron chi connectivity index (χ1n) is 14.3. The van der Waals surface area contributed by atoms with Crippen LogP contribution in [-0.4, -0.2) is 47.9 Å². The zero-order valence-electron chi connectivity index (χ0n) is 24.8. The number of aldehydes is 1. The summed E-state index contributed by atoms with van der Waals surface area (Å²) in [5, 5.41) is 11.0. The Morgan fingerprint density at radius 2 is 1.20 bits per heavy atom. The minimum Gasteiger partial charge on any atom is -0.391 e. The lowest BCUT2D eigenvalue weighted by Gasteiger charge is -2.35. The van der Waals surface area contributed by atoms with E-state index in [2.05, 4.69) is 47.9 Å². The van der Waals surface area contributed by atoms with Crippen molar-refractivity contribution < 1.29 is 19.4 Å². The summed E-state index contributed by atoms with van der Waals surface area (Å²) in [7, 11) is 0. The van der Waals surface area contributed by atoms with Crippen LogP contribution in [0.4, 0.5) is 0 Å². The van der Waals surface area contributed by atoms with Crippen LogP contribution >= 0.6 is 0 Å². The van der Waals surface area contributed by atoms with Crippen LogP contribution in [0.5, 0.6) is 0 Å². The molecule has 3 aromatic carbocycles. The van der Waals surface area contributed by atoms with E-state index in [-0.39, 0.29) is 12.3 Å². The molecule has 0 aromatic heterocycles. The molecule has 0 saturated heterocycles. The number of aliphatic hydroxyl groups is 1. The molecule has 0 saturated carbocycles. The van der Waals surface area contributed by atoms with Gasteiger partial charge in [0.25, 0.3) is 0 Å². The third kappa shape index (κ3) is 15.5. The fraction of sp³-hybridized carbons (Fsp3) is 0.400. The van der Waals surface area contributed by atoms with Crippen LogP contribution in [0, 0.1) is 0 Å². The first kappa shape index (κ1) is 34.9. The summed E-state index contributed by atoms with van der Waals surface area (Å²) in [6.07, 6.45) is 3.61. The molecule has 2 atom stereocenters. The van der Waals surface area contributed by atoms with Gasteiger partial charge in [0.1, 0.15) is 6.29 Å². The van der Waals surface area contributed by atoms with Gasteiger partial charge >= 0.3 is 0 Å². The average molecular weight is 548 g/mol. The van der Waals surface area contributed by atoms with Crippen molar-refractivity contribution in [3.05, 3.63) is 120 Å². The number of hydrogen-bond acceptors (Lipinski definition) is 5. The molecule has 0 heterocycles. The Kier molecular flexibility index (Phi) is 19.8. The van der Waals surface area contributed by atoms with E-state index in [0.29, 0.717) is 12.8 Å². The summed E-state index contributed by atoms with van der Waals surface area (Å²) in [5.74, 6) is 0. The highest BCUT2D eigenvalue weighted by Crippen LogP contribution is 2.21. The van der Waals surface area contributed by atoms with Crippen LogP contribution in [0.1, 0.15) is 57.2 Å². The largest absolute Gasteiger partial charge is 0.391 e. The van der Waals surface area contributed by atoms with Crippen LogP contribution in [-0.2, 0) is 33.8 Å². The number of carbonyl (C=O) groups excluding carboxylic acids is 1. The monoisotopic (exact) mass is 547 g/mol. The predicted molar refractivity (Wildman–Crippen MR) is 166 cm³/mol. The summed E-state index contributed by atoms with van der Waals surface area (Å²) >= 11 is 0. The quantitative estimate of drug-likeness (QED) is 0.123. The third-order valence-electron chi connectivity index (χ3n) is 6.04. The molecule has 218 valence electrons. The molecular weight excluding hydrogens is 498 g/mol. The fourth-order valence-electron chi connectivity index (χ4n) is 4.24. The number of aliphatic hydroxyl groups excluding tert-OH is 1. The van der Waals surface area contributed by atoms with Crippen LogP contribution in [0.3, 0.4) is 0 Å². The Balaban J connectivity index is 0.000000618. The molecule has 0 bridgehead atoms. The number of ether oxygens (including phenoxy) is 2. The zero-order chi connectivity index (χ0) is 29.4. The maximum absolute atomic E-state index is 11.0. The molecule has 0 fully saturated rings. The van der Waals surface area contributed by atoms with Gasteiger partial charge in [-0.1, -0.05) is 97.1 Å². The van der Waals surface area contributed by atoms with Crippen molar-refractivity contribution in [1.29, 1.82) is 0 Å². The molecule has 1 N–H and O–H groups in total. The maximum Gasteiger partial charge on any atom is 0.154 e. The molecular formula is C35H49NO4. The first-order chi connectivity index (χ1) is 19.5. The van der Waals surface area contributed by atoms with Crippen molar-refractivity contribution in [2.75, 3.05) is 13.2 Å². The van der Waals surface area contributed by atoms with Crippen LogP contribution < -0.4 is 0 Å². The molecule has 3 rings (SSSR count). The summed E-state index contributed by atoms with van der Waals surface area (Å²) in [6.45, 7) is 14.0. The summed E-state index contributed by atoms with van der Waals surface area (Å²) in [5.41, 5.74) is 3.61. The van der Waals surface area contributed by atoms with Gasteiger partial charge in [-0.05, 0) is 57.2 Å². The molecule has 0 aliphatic heterocycles. The van der Waals surface area contributed by atoms with E-state index in [1.807, 2.05) is 82.3 Å². The van der Waals surface area contributed by atoms with Crippen LogP contribution in [0.15, 0.2) is 104 Å². The lowest BCUT2D eigenvalue weighted by Crippen LogP contribution is -2.44. The lowest BCUT2D eigenvalue weighted by molar-refractivity contribution is -0.123. The fourth-order valence-corrected chi connectivity index (χ4v) is 4.24. The number of carbonyl (C=O) groups is 1. The molecule has 5 nitrogen and oxygen atoms in total. The maximum atomic E-state index is 11.0. The van der Waals surface area contributed by atoms with Gasteiger partial charge in [-0.25, -0.2) is 0 Å². The van der Waals surface area contributed by atoms with E-state index in [9.17, 15) is 9.90 Å². The second-order valence-corrected chi connectivity index (χ2v) is 9.33. The molecule has 0 aliphatic carbocycles. The van der Waals surface area contributed by atoms with E-state index in [1.54, 1.807) is 6.08 Å². The van der Waals surface area contributed by atoms with Crippen molar-refractivity contribution in [1.82, 2.24) is 4.90 Å². The van der Waals surface area contributed by atoms with Gasteiger partial charge in [-0.2, -0.15) is 0 Å². The molecule has 3 aromatic rings. The Labute approximate surface area is 242 Å². The smallest absolute Gasteiger partial charge is 0.154 e. The third-order valence-corrected chi connectivity index (χ3v) is 6.04. The Morgan fingerprint density at radius 3 is 1.57 bits per heavy atom. The number of rotatable bonds is 15. The minimum atomic E-state index is -0.576. The molecule has 5 heteroatoms. The van der Waals surface area contributed by atoms with Gasteiger partial charge < -0.3 is 19.4 Å². The molecule has 0 amide bonds. The van der Waals surface area contributed by atoms with Crippen molar-refractivity contribution >= 4 is 6.29 Å². The standard InChI is InChI=1S/C26H29NO2.C6H14O2.C3H6/c28-18-10-17-26(29)25(19-22-11-4-1-5-12-22)27(20-23-13-6-2-7-14-23)21-24-15-8-3-9-16-24;1-4-7-6(3)8-5-2;1-3-2/h1-9,11-16,18,25-26,29H,10,17,19-21H2;6H,4-5H2,1-3H3;3H,1H2,2H3/t25-,26-;;/m0../s1. The molecule has 0 radical (unpaired) electrons. The van der Waals surface area contributed by atoms with E-state index in [4.69, 9.17) is 9.47 Å².